The first-order valence-corrected chi connectivity index (χ1v) is 5.90. The molecule has 0 aromatic heterocycles. The van der Waals surface area contributed by atoms with Crippen molar-refractivity contribution in [1.29, 1.82) is 0 Å². The lowest BCUT2D eigenvalue weighted by atomic mass is 10.1. The maximum atomic E-state index is 12.7. The van der Waals surface area contributed by atoms with Gasteiger partial charge < -0.3 is 10.1 Å². The minimum atomic E-state index is -0.464. The lowest BCUT2D eigenvalue weighted by Gasteiger charge is -2.23. The van der Waals surface area contributed by atoms with Crippen LogP contribution in [0.25, 0.3) is 0 Å². The summed E-state index contributed by atoms with van der Waals surface area (Å²) in [5.74, 6) is 0.678. The van der Waals surface area contributed by atoms with E-state index in [4.69, 9.17) is 4.74 Å². The zero-order chi connectivity index (χ0) is 11.2. The third-order valence-electron chi connectivity index (χ3n) is 2.97. The van der Waals surface area contributed by atoms with Gasteiger partial charge in [0.05, 0.1) is 0 Å². The molecule has 1 N–H and O–H groups in total. The molecule has 1 unspecified atom stereocenters. The van der Waals surface area contributed by atoms with Crippen molar-refractivity contribution in [3.05, 3.63) is 29.8 Å². The first kappa shape index (κ1) is 11.4. The van der Waals surface area contributed by atoms with E-state index in [2.05, 4.69) is 5.32 Å². The second kappa shape index (κ2) is 5.85. The second-order valence-corrected chi connectivity index (χ2v) is 4.20. The molecule has 16 heavy (non-hydrogen) atoms. The average molecular weight is 223 g/mol. The van der Waals surface area contributed by atoms with Crippen LogP contribution in [0.15, 0.2) is 24.3 Å². The fourth-order valence-electron chi connectivity index (χ4n) is 2.01. The molecule has 1 heterocycles. The molecule has 88 valence electrons. The Bertz CT molecular complexity index is 323. The smallest absolute Gasteiger partial charge is 0.125 e. The molecular weight excluding hydrogens is 205 g/mol. The highest BCUT2D eigenvalue weighted by Gasteiger charge is 2.13. The van der Waals surface area contributed by atoms with Gasteiger partial charge >= 0.3 is 0 Å². The van der Waals surface area contributed by atoms with Crippen molar-refractivity contribution in [2.24, 2.45) is 0 Å². The van der Waals surface area contributed by atoms with E-state index >= 15 is 0 Å². The molecule has 0 saturated carbocycles. The van der Waals surface area contributed by atoms with Crippen molar-refractivity contribution in [2.45, 2.75) is 32.0 Å². The van der Waals surface area contributed by atoms with Gasteiger partial charge in [0.15, 0.2) is 0 Å². The fourth-order valence-corrected chi connectivity index (χ4v) is 2.01. The quantitative estimate of drug-likeness (QED) is 0.847. The molecule has 3 heteroatoms. The summed E-state index contributed by atoms with van der Waals surface area (Å²) in [4.78, 5) is 0. The number of nitrogens with one attached hydrogen (secondary N) is 1. The molecule has 1 saturated heterocycles. The zero-order valence-corrected chi connectivity index (χ0v) is 9.42. The third kappa shape index (κ3) is 2.95. The summed E-state index contributed by atoms with van der Waals surface area (Å²) >= 11 is 0. The van der Waals surface area contributed by atoms with Gasteiger partial charge in [0.1, 0.15) is 19.0 Å². The maximum absolute atomic E-state index is 12.7. The van der Waals surface area contributed by atoms with Crippen LogP contribution in [0.5, 0.6) is 5.75 Å². The Kier molecular flexibility index (Phi) is 4.17. The molecule has 1 aromatic carbocycles. The number of alkyl halides is 1. The Hall–Kier alpha value is -1.09. The Morgan fingerprint density at radius 2 is 2.19 bits per heavy atom. The van der Waals surface area contributed by atoms with Gasteiger partial charge in [-0.2, -0.15) is 0 Å². The normalized spacial score (nSPS) is 20.7. The highest BCUT2D eigenvalue weighted by atomic mass is 19.1. The van der Waals surface area contributed by atoms with E-state index in [1.54, 1.807) is 6.07 Å². The molecule has 1 atom stereocenters. The molecule has 1 fully saturated rings. The largest absolute Gasteiger partial charge is 0.492 e. The second-order valence-electron chi connectivity index (χ2n) is 4.20. The summed E-state index contributed by atoms with van der Waals surface area (Å²) in [6, 6.07) is 7.73. The van der Waals surface area contributed by atoms with Gasteiger partial charge in [0.25, 0.3) is 0 Å². The topological polar surface area (TPSA) is 21.3 Å². The van der Waals surface area contributed by atoms with Gasteiger partial charge in [-0.3, -0.25) is 0 Å². The van der Waals surface area contributed by atoms with E-state index in [-0.39, 0.29) is 0 Å². The molecule has 2 nitrogen and oxygen atoms in total. The van der Waals surface area contributed by atoms with Crippen molar-refractivity contribution >= 4 is 0 Å². The first-order valence-electron chi connectivity index (χ1n) is 5.90. The van der Waals surface area contributed by atoms with Crippen molar-refractivity contribution in [3.63, 3.8) is 0 Å². The third-order valence-corrected chi connectivity index (χ3v) is 2.97. The first-order chi connectivity index (χ1) is 7.90. The molecule has 0 radical (unpaired) electrons. The van der Waals surface area contributed by atoms with Gasteiger partial charge in [0, 0.05) is 11.6 Å². The number of benzene rings is 1. The van der Waals surface area contributed by atoms with E-state index in [0.29, 0.717) is 24.0 Å². The Morgan fingerprint density at radius 1 is 1.31 bits per heavy atom. The Balaban J connectivity index is 1.88. The summed E-state index contributed by atoms with van der Waals surface area (Å²) in [6.07, 6.45) is 3.65. The van der Waals surface area contributed by atoms with Crippen LogP contribution in [0, 0.1) is 0 Å². The summed E-state index contributed by atoms with van der Waals surface area (Å²) in [5.41, 5.74) is 0.637. The van der Waals surface area contributed by atoms with Gasteiger partial charge in [-0.15, -0.1) is 0 Å². The van der Waals surface area contributed by atoms with Crippen LogP contribution < -0.4 is 10.1 Å². The number of hydrogen-bond acceptors (Lipinski definition) is 2. The average Bonchev–Trinajstić information content (AvgIpc) is 2.38. The van der Waals surface area contributed by atoms with Crippen LogP contribution in [-0.2, 0) is 6.67 Å². The van der Waals surface area contributed by atoms with Gasteiger partial charge in [0.2, 0.25) is 0 Å². The van der Waals surface area contributed by atoms with E-state index in [1.165, 1.54) is 12.8 Å². The molecule has 1 aromatic rings. The lowest BCUT2D eigenvalue weighted by molar-refractivity contribution is 0.235. The van der Waals surface area contributed by atoms with Gasteiger partial charge in [-0.25, -0.2) is 4.39 Å². The SMILES string of the molecule is FCc1ccccc1OCC1CCCCN1. The number of halogens is 1. The summed E-state index contributed by atoms with van der Waals surface area (Å²) in [6.45, 7) is 1.24. The van der Waals surface area contributed by atoms with Crippen molar-refractivity contribution < 1.29 is 9.13 Å². The number of piperidine rings is 1. The van der Waals surface area contributed by atoms with E-state index < -0.39 is 6.67 Å². The molecular formula is C13H18FNO. The lowest BCUT2D eigenvalue weighted by Crippen LogP contribution is -2.38. The van der Waals surface area contributed by atoms with Crippen LogP contribution in [0.4, 0.5) is 4.39 Å². The highest BCUT2D eigenvalue weighted by Crippen LogP contribution is 2.19. The van der Waals surface area contributed by atoms with E-state index in [9.17, 15) is 4.39 Å². The van der Waals surface area contributed by atoms with Crippen LogP contribution in [0.2, 0.25) is 0 Å². The van der Waals surface area contributed by atoms with E-state index in [1.807, 2.05) is 18.2 Å². The number of para-hydroxylation sites is 1. The monoisotopic (exact) mass is 223 g/mol. The minimum Gasteiger partial charge on any atom is -0.492 e. The highest BCUT2D eigenvalue weighted by molar-refractivity contribution is 5.32. The number of rotatable bonds is 4. The molecule has 0 bridgehead atoms. The van der Waals surface area contributed by atoms with Crippen LogP contribution in [-0.4, -0.2) is 19.2 Å². The predicted molar refractivity (Wildman–Crippen MR) is 62.4 cm³/mol. The predicted octanol–water partition coefficient (Wildman–Crippen LogP) is 2.68. The molecule has 0 spiro atoms. The van der Waals surface area contributed by atoms with Crippen LogP contribution >= 0.6 is 0 Å². The minimum absolute atomic E-state index is 0.418. The fraction of sp³-hybridized carbons (Fsp3) is 0.538. The maximum Gasteiger partial charge on any atom is 0.125 e. The summed E-state index contributed by atoms with van der Waals surface area (Å²) in [7, 11) is 0. The van der Waals surface area contributed by atoms with Crippen molar-refractivity contribution in [1.82, 2.24) is 5.32 Å². The van der Waals surface area contributed by atoms with Gasteiger partial charge in [-0.1, -0.05) is 24.6 Å². The van der Waals surface area contributed by atoms with Crippen molar-refractivity contribution in [3.8, 4) is 5.75 Å². The molecule has 1 aliphatic rings. The zero-order valence-electron chi connectivity index (χ0n) is 9.42. The molecule has 2 rings (SSSR count). The molecule has 1 aliphatic heterocycles. The van der Waals surface area contributed by atoms with Crippen molar-refractivity contribution in [2.75, 3.05) is 13.2 Å². The van der Waals surface area contributed by atoms with Crippen LogP contribution in [0.3, 0.4) is 0 Å². The standard InChI is InChI=1S/C13H18FNO/c14-9-11-5-1-2-7-13(11)16-10-12-6-3-4-8-15-12/h1-2,5,7,12,15H,3-4,6,8-10H2. The Labute approximate surface area is 95.8 Å². The number of ether oxygens (including phenoxy) is 1. The molecule has 0 aliphatic carbocycles. The van der Waals surface area contributed by atoms with E-state index in [0.717, 1.165) is 13.0 Å². The summed E-state index contributed by atoms with van der Waals surface area (Å²) < 4.78 is 18.3. The Morgan fingerprint density at radius 3 is 2.94 bits per heavy atom. The van der Waals surface area contributed by atoms with Gasteiger partial charge in [-0.05, 0) is 25.5 Å². The molecule has 0 amide bonds. The summed E-state index contributed by atoms with van der Waals surface area (Å²) in [5, 5.41) is 3.41. The van der Waals surface area contributed by atoms with Crippen LogP contribution in [0.1, 0.15) is 24.8 Å². The number of hydrogen-bond donors (Lipinski definition) is 1.